The van der Waals surface area contributed by atoms with Crippen LogP contribution in [0.5, 0.6) is 11.5 Å². The first-order valence-corrected chi connectivity index (χ1v) is 9.77. The van der Waals surface area contributed by atoms with Crippen molar-refractivity contribution in [2.45, 2.75) is 6.92 Å². The number of thioether (sulfide) groups is 1. The molecule has 2 aliphatic rings. The fourth-order valence-electron chi connectivity index (χ4n) is 2.68. The Hall–Kier alpha value is -2.55. The maximum absolute atomic E-state index is 12.7. The maximum atomic E-state index is 12.7. The Labute approximate surface area is 175 Å². The highest BCUT2D eigenvalue weighted by Crippen LogP contribution is 2.36. The van der Waals surface area contributed by atoms with E-state index in [-0.39, 0.29) is 16.7 Å². The topological polar surface area (TPSA) is 67.9 Å². The smallest absolute Gasteiger partial charge is 0.285 e. The highest BCUT2D eigenvalue weighted by Gasteiger charge is 2.34. The zero-order valence-electron chi connectivity index (χ0n) is 14.5. The second-order valence-corrected chi connectivity index (χ2v) is 8.14. The van der Waals surface area contributed by atoms with Crippen LogP contribution in [0, 0.1) is 6.92 Å². The average Bonchev–Trinajstić information content (AvgIpc) is 3.21. The van der Waals surface area contributed by atoms with Crippen molar-refractivity contribution in [3.05, 3.63) is 63.0 Å². The predicted octanol–water partition coefficient (Wildman–Crippen LogP) is 3.92. The molecule has 0 spiro atoms. The number of fused-ring (bicyclic) bond motifs is 1. The lowest BCUT2D eigenvalue weighted by atomic mass is 10.1. The minimum absolute atomic E-state index is 0.175. The van der Waals surface area contributed by atoms with Gasteiger partial charge in [0.25, 0.3) is 11.8 Å². The Morgan fingerprint density at radius 2 is 2.04 bits per heavy atom. The van der Waals surface area contributed by atoms with Crippen LogP contribution in [0.2, 0.25) is 5.02 Å². The van der Waals surface area contributed by atoms with E-state index in [1.807, 2.05) is 13.0 Å². The van der Waals surface area contributed by atoms with Gasteiger partial charge in [-0.1, -0.05) is 35.5 Å². The highest BCUT2D eigenvalue weighted by atomic mass is 35.5. The van der Waals surface area contributed by atoms with Gasteiger partial charge in [0.05, 0.1) is 15.5 Å². The van der Waals surface area contributed by atoms with Crippen molar-refractivity contribution in [2.24, 2.45) is 0 Å². The molecule has 6 nitrogen and oxygen atoms in total. The van der Waals surface area contributed by atoms with Gasteiger partial charge in [0.2, 0.25) is 6.79 Å². The van der Waals surface area contributed by atoms with Crippen molar-refractivity contribution in [2.75, 3.05) is 6.79 Å². The van der Waals surface area contributed by atoms with Gasteiger partial charge < -0.3 is 9.47 Å². The normalized spacial score (nSPS) is 16.8. The van der Waals surface area contributed by atoms with E-state index in [1.54, 1.807) is 36.4 Å². The number of nitrogens with zero attached hydrogens (tertiary/aromatic N) is 1. The minimum atomic E-state index is -0.509. The molecule has 2 aliphatic heterocycles. The Balaban J connectivity index is 1.53. The van der Waals surface area contributed by atoms with Gasteiger partial charge in [-0.15, -0.1) is 0 Å². The molecule has 0 atom stereocenters. The summed E-state index contributed by atoms with van der Waals surface area (Å²) >= 11 is 12.5. The minimum Gasteiger partial charge on any atom is -0.454 e. The summed E-state index contributed by atoms with van der Waals surface area (Å²) in [6, 6.07) is 10.4. The van der Waals surface area contributed by atoms with E-state index in [0.717, 1.165) is 27.9 Å². The second-order valence-electron chi connectivity index (χ2n) is 6.05. The molecule has 1 saturated heterocycles. The lowest BCUT2D eigenvalue weighted by Gasteiger charge is -2.16. The molecular formula is C19H13ClN2O4S2. The zero-order chi connectivity index (χ0) is 19.8. The molecule has 2 aromatic rings. The lowest BCUT2D eigenvalue weighted by molar-refractivity contribution is -0.123. The van der Waals surface area contributed by atoms with Crippen molar-refractivity contribution < 1.29 is 19.1 Å². The first-order chi connectivity index (χ1) is 13.4. The summed E-state index contributed by atoms with van der Waals surface area (Å²) in [5, 5.41) is 1.36. The third-order valence-electron chi connectivity index (χ3n) is 4.07. The molecule has 0 unspecified atom stereocenters. The molecule has 28 heavy (non-hydrogen) atoms. The molecule has 2 amide bonds. The fraction of sp³-hybridized carbons (Fsp3) is 0.105. The van der Waals surface area contributed by atoms with Crippen molar-refractivity contribution >= 4 is 57.8 Å². The number of ether oxygens (including phenoxy) is 2. The number of aryl methyl sites for hydroxylation is 1. The van der Waals surface area contributed by atoms with E-state index in [4.69, 9.17) is 33.3 Å². The summed E-state index contributed by atoms with van der Waals surface area (Å²) in [6.07, 6.45) is 1.69. The largest absolute Gasteiger partial charge is 0.454 e. The van der Waals surface area contributed by atoms with Crippen molar-refractivity contribution in [3.8, 4) is 11.5 Å². The number of hydrazine groups is 1. The molecule has 2 heterocycles. The van der Waals surface area contributed by atoms with E-state index in [9.17, 15) is 9.59 Å². The number of benzene rings is 2. The quantitative estimate of drug-likeness (QED) is 0.585. The molecule has 1 N–H and O–H groups in total. The van der Waals surface area contributed by atoms with Gasteiger partial charge in [0.1, 0.15) is 0 Å². The number of amides is 2. The molecule has 1 fully saturated rings. The molecule has 2 aromatic carbocycles. The van der Waals surface area contributed by atoms with Crippen LogP contribution in [0.15, 0.2) is 41.3 Å². The summed E-state index contributed by atoms with van der Waals surface area (Å²) in [7, 11) is 0. The molecule has 4 rings (SSSR count). The summed E-state index contributed by atoms with van der Waals surface area (Å²) in [6.45, 7) is 2.05. The van der Waals surface area contributed by atoms with Crippen LogP contribution in [0.1, 0.15) is 21.5 Å². The lowest BCUT2D eigenvalue weighted by Crippen LogP contribution is -2.44. The van der Waals surface area contributed by atoms with E-state index < -0.39 is 11.8 Å². The molecule has 9 heteroatoms. The Morgan fingerprint density at radius 1 is 1.25 bits per heavy atom. The van der Waals surface area contributed by atoms with Crippen LogP contribution in [0.3, 0.4) is 0 Å². The highest BCUT2D eigenvalue weighted by molar-refractivity contribution is 8.26. The van der Waals surface area contributed by atoms with Crippen LogP contribution in [-0.2, 0) is 4.79 Å². The summed E-state index contributed by atoms with van der Waals surface area (Å²) in [5.41, 5.74) is 4.48. The molecule has 0 aliphatic carbocycles. The number of thiocarbonyl (C=S) groups is 1. The van der Waals surface area contributed by atoms with Crippen LogP contribution < -0.4 is 14.9 Å². The molecule has 0 saturated carbocycles. The first-order valence-electron chi connectivity index (χ1n) is 8.17. The van der Waals surface area contributed by atoms with Gasteiger partial charge in [-0.3, -0.25) is 15.0 Å². The Kier molecular flexibility index (Phi) is 5.01. The summed E-state index contributed by atoms with van der Waals surface area (Å²) in [4.78, 5) is 25.6. The van der Waals surface area contributed by atoms with Gasteiger partial charge in [0, 0.05) is 0 Å². The molecule has 142 valence electrons. The van der Waals surface area contributed by atoms with E-state index in [2.05, 4.69) is 5.43 Å². The first kappa shape index (κ1) is 18.8. The fourth-order valence-corrected chi connectivity index (χ4v) is 4.18. The van der Waals surface area contributed by atoms with Gasteiger partial charge in [-0.25, -0.2) is 0 Å². The van der Waals surface area contributed by atoms with Gasteiger partial charge in [0.15, 0.2) is 15.8 Å². The SMILES string of the molecule is Cc1ccc(C(=O)NN2C(=O)C(=Cc3ccc4c(c3)OCO4)SC2=S)c(Cl)c1. The third kappa shape index (κ3) is 3.58. The standard InChI is InChI=1S/C19H13ClN2O4S2/c1-10-2-4-12(13(20)6-10)17(23)21-22-18(24)16(28-19(22)27)8-11-3-5-14-15(7-11)26-9-25-14/h2-8H,9H2,1H3,(H,21,23). The number of hydrogen-bond acceptors (Lipinski definition) is 6. The maximum Gasteiger partial charge on any atom is 0.285 e. The van der Waals surface area contributed by atoms with Crippen LogP contribution >= 0.6 is 35.6 Å². The van der Waals surface area contributed by atoms with E-state index >= 15 is 0 Å². The third-order valence-corrected chi connectivity index (χ3v) is 5.69. The predicted molar refractivity (Wildman–Crippen MR) is 111 cm³/mol. The Bertz CT molecular complexity index is 1050. The van der Waals surface area contributed by atoms with Gasteiger partial charge >= 0.3 is 0 Å². The molecular weight excluding hydrogens is 420 g/mol. The van der Waals surface area contributed by atoms with Gasteiger partial charge in [-0.2, -0.15) is 5.01 Å². The number of nitrogens with one attached hydrogen (secondary N) is 1. The van der Waals surface area contributed by atoms with E-state index in [0.29, 0.717) is 21.4 Å². The number of rotatable bonds is 3. The second kappa shape index (κ2) is 7.46. The molecule has 0 radical (unpaired) electrons. The van der Waals surface area contributed by atoms with E-state index in [1.165, 1.54) is 0 Å². The van der Waals surface area contributed by atoms with Crippen LogP contribution in [0.25, 0.3) is 6.08 Å². The zero-order valence-corrected chi connectivity index (χ0v) is 16.9. The molecule has 0 aromatic heterocycles. The average molecular weight is 433 g/mol. The van der Waals surface area contributed by atoms with Crippen molar-refractivity contribution in [1.29, 1.82) is 0 Å². The number of carbonyl (C=O) groups excluding carboxylic acids is 2. The number of halogens is 1. The molecule has 0 bridgehead atoms. The van der Waals surface area contributed by atoms with Crippen molar-refractivity contribution in [3.63, 3.8) is 0 Å². The summed E-state index contributed by atoms with van der Waals surface area (Å²) in [5.74, 6) is 0.355. The number of hydrogen-bond donors (Lipinski definition) is 1. The summed E-state index contributed by atoms with van der Waals surface area (Å²) < 4.78 is 10.9. The van der Waals surface area contributed by atoms with Crippen LogP contribution in [0.4, 0.5) is 0 Å². The van der Waals surface area contributed by atoms with Crippen molar-refractivity contribution in [1.82, 2.24) is 10.4 Å². The van der Waals surface area contributed by atoms with Crippen LogP contribution in [-0.4, -0.2) is 27.9 Å². The van der Waals surface area contributed by atoms with Gasteiger partial charge in [-0.05, 0) is 60.6 Å². The number of carbonyl (C=O) groups is 2. The Morgan fingerprint density at radius 3 is 2.82 bits per heavy atom. The monoisotopic (exact) mass is 432 g/mol.